The molecule has 1 aromatic heterocycles. The lowest BCUT2D eigenvalue weighted by Crippen LogP contribution is -2.54. The minimum atomic E-state index is -0.843. The molecule has 0 unspecified atom stereocenters. The number of anilines is 1. The summed E-state index contributed by atoms with van der Waals surface area (Å²) in [5.41, 5.74) is -0.0234. The molecule has 0 aliphatic carbocycles. The highest BCUT2D eigenvalue weighted by Gasteiger charge is 2.38. The van der Waals surface area contributed by atoms with Gasteiger partial charge in [-0.15, -0.1) is 13.2 Å². The van der Waals surface area contributed by atoms with E-state index in [1.165, 1.54) is 18.2 Å². The van der Waals surface area contributed by atoms with Crippen LogP contribution in [-0.4, -0.2) is 26.5 Å². The number of carbonyl (C=O) groups excluding carboxylic acids is 1. The maximum Gasteiger partial charge on any atom is 0.337 e. The Kier molecular flexibility index (Phi) is 5.83. The van der Waals surface area contributed by atoms with E-state index in [1.54, 1.807) is 0 Å². The van der Waals surface area contributed by atoms with E-state index in [-0.39, 0.29) is 13.1 Å². The van der Waals surface area contributed by atoms with Gasteiger partial charge < -0.3 is 4.90 Å². The lowest BCUT2D eigenvalue weighted by Gasteiger charge is -2.24. The van der Waals surface area contributed by atoms with E-state index in [4.69, 9.17) is 0 Å². The van der Waals surface area contributed by atoms with Crippen LogP contribution in [0.4, 0.5) is 5.69 Å². The second-order valence-corrected chi connectivity index (χ2v) is 7.93. The number of likely N-dealkylation sites (N-methyl/N-ethyl adjacent to an activating group) is 1. The average Bonchev–Trinajstić information content (AvgIpc) is 2.93. The number of aromatic nitrogens is 3. The van der Waals surface area contributed by atoms with Crippen molar-refractivity contribution in [2.45, 2.75) is 38.9 Å². The zero-order chi connectivity index (χ0) is 22.9. The molecule has 2 heterocycles. The Balaban J connectivity index is 2.06. The van der Waals surface area contributed by atoms with Gasteiger partial charge in [0.1, 0.15) is 0 Å². The largest absolute Gasteiger partial charge is 0.347 e. The minimum Gasteiger partial charge on any atom is -0.347 e. The van der Waals surface area contributed by atoms with Crippen molar-refractivity contribution in [3.8, 4) is 0 Å². The number of hydrogen-bond donors (Lipinski definition) is 0. The van der Waals surface area contributed by atoms with Crippen molar-refractivity contribution < 1.29 is 4.79 Å². The third-order valence-electron chi connectivity index (χ3n) is 5.56. The van der Waals surface area contributed by atoms with Gasteiger partial charge in [0.15, 0.2) is 5.78 Å². The van der Waals surface area contributed by atoms with Crippen LogP contribution >= 0.6 is 0 Å². The van der Waals surface area contributed by atoms with E-state index in [9.17, 15) is 19.2 Å². The summed E-state index contributed by atoms with van der Waals surface area (Å²) in [7, 11) is 1.88. The van der Waals surface area contributed by atoms with Crippen LogP contribution in [-0.2, 0) is 29.8 Å². The fraction of sp³-hybridized carbons (Fsp3) is 0.304. The van der Waals surface area contributed by atoms with Crippen LogP contribution in [0, 0.1) is 0 Å². The lowest BCUT2D eigenvalue weighted by molar-refractivity contribution is -0.115. The van der Waals surface area contributed by atoms with Crippen LogP contribution in [0.5, 0.6) is 0 Å². The van der Waals surface area contributed by atoms with Gasteiger partial charge in [-0.2, -0.15) is 0 Å². The summed E-state index contributed by atoms with van der Waals surface area (Å²) < 4.78 is 2.53. The molecule has 31 heavy (non-hydrogen) atoms. The molecule has 3 rings (SSSR count). The normalized spacial score (nSPS) is 15.7. The first-order valence-electron chi connectivity index (χ1n) is 9.89. The fourth-order valence-electron chi connectivity index (χ4n) is 4.00. The standard InChI is InChI=1S/C23H26N4O4/c1-6-12-25-20(29)26(13-7-2)22(31)27(21(25)30)15-16(28)14-19-23(3,4)17-10-8-9-11-18(17)24(19)5/h6-11,14H,1-2,12-13,15H2,3-5H3/b19-14-. The van der Waals surface area contributed by atoms with E-state index >= 15 is 0 Å². The van der Waals surface area contributed by atoms with Gasteiger partial charge in [0.05, 0.1) is 19.6 Å². The summed E-state index contributed by atoms with van der Waals surface area (Å²) in [4.78, 5) is 52.9. The summed E-state index contributed by atoms with van der Waals surface area (Å²) in [6, 6.07) is 7.87. The number of ketones is 1. The predicted octanol–water partition coefficient (Wildman–Crippen LogP) is 1.42. The molecule has 2 aromatic rings. The van der Waals surface area contributed by atoms with E-state index in [0.717, 1.165) is 30.6 Å². The van der Waals surface area contributed by atoms with Crippen LogP contribution in [0.3, 0.4) is 0 Å². The number of allylic oxidation sites excluding steroid dienone is 4. The number of rotatable bonds is 7. The molecule has 0 radical (unpaired) electrons. The van der Waals surface area contributed by atoms with Gasteiger partial charge in [-0.05, 0) is 11.6 Å². The molecule has 0 saturated heterocycles. The molecular weight excluding hydrogens is 396 g/mol. The zero-order valence-electron chi connectivity index (χ0n) is 18.0. The number of benzene rings is 1. The Morgan fingerprint density at radius 2 is 1.45 bits per heavy atom. The molecule has 8 heteroatoms. The zero-order valence-corrected chi connectivity index (χ0v) is 18.0. The van der Waals surface area contributed by atoms with Crippen LogP contribution in [0.2, 0.25) is 0 Å². The molecule has 1 aliphatic heterocycles. The molecule has 8 nitrogen and oxygen atoms in total. The van der Waals surface area contributed by atoms with E-state index in [2.05, 4.69) is 13.2 Å². The summed E-state index contributed by atoms with van der Waals surface area (Å²) >= 11 is 0. The third kappa shape index (κ3) is 3.65. The van der Waals surface area contributed by atoms with Gasteiger partial charge in [-0.1, -0.05) is 44.2 Å². The van der Waals surface area contributed by atoms with Crippen molar-refractivity contribution in [2.75, 3.05) is 11.9 Å². The minimum absolute atomic E-state index is 0.0740. The highest BCUT2D eigenvalue weighted by molar-refractivity contribution is 5.92. The molecule has 0 atom stereocenters. The van der Waals surface area contributed by atoms with Crippen molar-refractivity contribution >= 4 is 11.5 Å². The summed E-state index contributed by atoms with van der Waals surface area (Å²) in [5.74, 6) is -0.420. The SMILES string of the molecule is C=CCn1c(=O)n(CC=C)c(=O)n(CC(=O)/C=C2\N(C)c3ccccc3C2(C)C)c1=O. The van der Waals surface area contributed by atoms with Crippen molar-refractivity contribution in [1.82, 2.24) is 13.7 Å². The highest BCUT2D eigenvalue weighted by atomic mass is 16.2. The topological polar surface area (TPSA) is 86.3 Å². The molecule has 0 fully saturated rings. The molecule has 0 N–H and O–H groups in total. The Morgan fingerprint density at radius 1 is 0.935 bits per heavy atom. The number of carbonyl (C=O) groups is 1. The van der Waals surface area contributed by atoms with Crippen molar-refractivity contribution in [1.29, 1.82) is 0 Å². The summed E-state index contributed by atoms with van der Waals surface area (Å²) in [6.45, 7) is 10.5. The van der Waals surface area contributed by atoms with Crippen molar-refractivity contribution in [2.24, 2.45) is 0 Å². The molecule has 0 bridgehead atoms. The van der Waals surface area contributed by atoms with Crippen molar-refractivity contribution in [3.05, 3.63) is 98.4 Å². The second kappa shape index (κ2) is 8.22. The molecule has 1 aliphatic rings. The fourth-order valence-corrected chi connectivity index (χ4v) is 4.00. The van der Waals surface area contributed by atoms with Crippen molar-refractivity contribution in [3.63, 3.8) is 0 Å². The quantitative estimate of drug-likeness (QED) is 0.498. The van der Waals surface area contributed by atoms with Gasteiger partial charge in [-0.3, -0.25) is 4.79 Å². The smallest absolute Gasteiger partial charge is 0.337 e. The summed E-state index contributed by atoms with van der Waals surface area (Å²) in [6.07, 6.45) is 4.23. The molecule has 162 valence electrons. The maximum atomic E-state index is 12.9. The molecule has 0 saturated carbocycles. The molecule has 0 amide bonds. The molecular formula is C23H26N4O4. The Bertz CT molecular complexity index is 1230. The molecule has 0 spiro atoms. The monoisotopic (exact) mass is 422 g/mol. The Morgan fingerprint density at radius 3 is 1.97 bits per heavy atom. The second-order valence-electron chi connectivity index (χ2n) is 7.93. The van der Waals surface area contributed by atoms with Gasteiger partial charge in [0.25, 0.3) is 0 Å². The lowest BCUT2D eigenvalue weighted by atomic mass is 9.83. The van der Waals surface area contributed by atoms with Gasteiger partial charge >= 0.3 is 17.1 Å². The van der Waals surface area contributed by atoms with Gasteiger partial charge in [-0.25, -0.2) is 28.1 Å². The van der Waals surface area contributed by atoms with Gasteiger partial charge in [0, 0.05) is 29.9 Å². The maximum absolute atomic E-state index is 12.9. The van der Waals surface area contributed by atoms with E-state index in [1.807, 2.05) is 50.1 Å². The first-order chi connectivity index (χ1) is 14.6. The predicted molar refractivity (Wildman–Crippen MR) is 121 cm³/mol. The highest BCUT2D eigenvalue weighted by Crippen LogP contribution is 2.46. The van der Waals surface area contributed by atoms with E-state index < -0.39 is 34.8 Å². The van der Waals surface area contributed by atoms with E-state index in [0.29, 0.717) is 0 Å². The number of nitrogens with zero attached hydrogens (tertiary/aromatic N) is 4. The number of fused-ring (bicyclic) bond motifs is 1. The van der Waals surface area contributed by atoms with Gasteiger partial charge in [0.2, 0.25) is 0 Å². The molecule has 1 aromatic carbocycles. The van der Waals surface area contributed by atoms with Crippen LogP contribution in [0.1, 0.15) is 19.4 Å². The van der Waals surface area contributed by atoms with Crippen LogP contribution < -0.4 is 22.0 Å². The third-order valence-corrected chi connectivity index (χ3v) is 5.56. The van der Waals surface area contributed by atoms with Crippen LogP contribution in [0.15, 0.2) is 75.7 Å². The van der Waals surface area contributed by atoms with Crippen LogP contribution in [0.25, 0.3) is 0 Å². The number of hydrogen-bond acceptors (Lipinski definition) is 5. The average molecular weight is 422 g/mol. The number of para-hydroxylation sites is 1. The summed E-state index contributed by atoms with van der Waals surface area (Å²) in [5, 5.41) is 0. The first kappa shape index (κ1) is 22.0. The Hall–Kier alpha value is -3.68. The first-order valence-corrected chi connectivity index (χ1v) is 9.89. The Labute approximate surface area is 179 Å².